The molecule has 1 aromatic heterocycles. The van der Waals surface area contributed by atoms with Gasteiger partial charge in [0.25, 0.3) is 0 Å². The Morgan fingerprint density at radius 2 is 2.22 bits per heavy atom. The fourth-order valence-corrected chi connectivity index (χ4v) is 3.23. The smallest absolute Gasteiger partial charge is 0.223 e. The lowest BCUT2D eigenvalue weighted by atomic mass is 10.1. The largest absolute Gasteiger partial charge is 0.384 e. The average Bonchev–Trinajstić information content (AvgIpc) is 3.22. The number of carbonyl (C=O) groups is 1. The zero-order valence-electron chi connectivity index (χ0n) is 13.3. The molecule has 2 heterocycles. The minimum Gasteiger partial charge on any atom is -0.384 e. The van der Waals surface area contributed by atoms with E-state index in [-0.39, 0.29) is 24.0 Å². The van der Waals surface area contributed by atoms with Crippen molar-refractivity contribution in [1.82, 2.24) is 15.3 Å². The summed E-state index contributed by atoms with van der Waals surface area (Å²) in [5.41, 5.74) is 5.76. The molecule has 124 valence electrons. The number of hydrogen-bond acceptors (Lipinski definition) is 6. The number of carbonyl (C=O) groups excluding carboxylic acids is 1. The molecule has 0 bridgehead atoms. The molecule has 0 aromatic carbocycles. The van der Waals surface area contributed by atoms with Crippen molar-refractivity contribution in [2.75, 3.05) is 30.8 Å². The first-order chi connectivity index (χ1) is 11.2. The van der Waals surface area contributed by atoms with Gasteiger partial charge >= 0.3 is 0 Å². The molecule has 3 rings (SSSR count). The van der Waals surface area contributed by atoms with Crippen LogP contribution < -0.4 is 16.0 Å². The molecule has 3 N–H and O–H groups in total. The summed E-state index contributed by atoms with van der Waals surface area (Å²) in [6.07, 6.45) is 8.25. The summed E-state index contributed by atoms with van der Waals surface area (Å²) in [4.78, 5) is 22.6. The number of ether oxygens (including phenoxy) is 1. The number of allylic oxidation sites excluding steroid dienone is 2. The summed E-state index contributed by atoms with van der Waals surface area (Å²) in [7, 11) is 1.71. The summed E-state index contributed by atoms with van der Waals surface area (Å²) in [6, 6.07) is 1.90. The Morgan fingerprint density at radius 3 is 2.91 bits per heavy atom. The zero-order chi connectivity index (χ0) is 16.2. The molecule has 0 saturated carbocycles. The molecule has 1 fully saturated rings. The van der Waals surface area contributed by atoms with E-state index in [1.165, 1.54) is 6.33 Å². The minimum absolute atomic E-state index is 0.0813. The van der Waals surface area contributed by atoms with Gasteiger partial charge in [0, 0.05) is 32.2 Å². The lowest BCUT2D eigenvalue weighted by Gasteiger charge is -2.26. The summed E-state index contributed by atoms with van der Waals surface area (Å²) >= 11 is 0. The van der Waals surface area contributed by atoms with Gasteiger partial charge in [-0.3, -0.25) is 4.79 Å². The topological polar surface area (TPSA) is 93.4 Å². The van der Waals surface area contributed by atoms with Crippen molar-refractivity contribution in [3.63, 3.8) is 0 Å². The van der Waals surface area contributed by atoms with Gasteiger partial charge in [-0.15, -0.1) is 0 Å². The Kier molecular flexibility index (Phi) is 4.76. The third kappa shape index (κ3) is 3.61. The normalized spacial score (nSPS) is 24.3. The predicted molar refractivity (Wildman–Crippen MR) is 87.9 cm³/mol. The van der Waals surface area contributed by atoms with Crippen LogP contribution in [0.25, 0.3) is 0 Å². The molecule has 1 aliphatic heterocycles. The average molecular weight is 317 g/mol. The van der Waals surface area contributed by atoms with Crippen molar-refractivity contribution < 1.29 is 9.53 Å². The lowest BCUT2D eigenvalue weighted by Crippen LogP contribution is -2.42. The first kappa shape index (κ1) is 15.7. The van der Waals surface area contributed by atoms with E-state index in [1.54, 1.807) is 13.2 Å². The zero-order valence-corrected chi connectivity index (χ0v) is 13.3. The molecular formula is C16H23N5O2. The lowest BCUT2D eigenvalue weighted by molar-refractivity contribution is -0.124. The van der Waals surface area contributed by atoms with Crippen molar-refractivity contribution in [3.8, 4) is 0 Å². The molecule has 7 heteroatoms. The second-order valence-corrected chi connectivity index (χ2v) is 6.09. The van der Waals surface area contributed by atoms with Gasteiger partial charge < -0.3 is 20.7 Å². The van der Waals surface area contributed by atoms with Crippen molar-refractivity contribution >= 4 is 17.5 Å². The third-order valence-corrected chi connectivity index (χ3v) is 4.57. The summed E-state index contributed by atoms with van der Waals surface area (Å²) in [5.74, 6) is 1.42. The van der Waals surface area contributed by atoms with Gasteiger partial charge in [0.05, 0.1) is 12.1 Å². The molecule has 1 amide bonds. The van der Waals surface area contributed by atoms with Gasteiger partial charge in [0.1, 0.15) is 18.0 Å². The van der Waals surface area contributed by atoms with E-state index in [2.05, 4.69) is 32.3 Å². The van der Waals surface area contributed by atoms with Crippen LogP contribution in [0.1, 0.15) is 19.3 Å². The number of nitrogens with one attached hydrogen (secondary N) is 1. The van der Waals surface area contributed by atoms with Crippen LogP contribution in [-0.4, -0.2) is 48.2 Å². The molecule has 1 saturated heterocycles. The van der Waals surface area contributed by atoms with E-state index in [4.69, 9.17) is 10.5 Å². The van der Waals surface area contributed by atoms with Crippen LogP contribution in [0, 0.1) is 5.92 Å². The fourth-order valence-electron chi connectivity index (χ4n) is 3.23. The summed E-state index contributed by atoms with van der Waals surface area (Å²) in [5, 5.41) is 3.07. The van der Waals surface area contributed by atoms with Crippen LogP contribution in [0.4, 0.5) is 11.6 Å². The Hall–Kier alpha value is -2.15. The first-order valence-electron chi connectivity index (χ1n) is 7.97. The first-order valence-corrected chi connectivity index (χ1v) is 7.97. The highest BCUT2D eigenvalue weighted by Crippen LogP contribution is 2.26. The van der Waals surface area contributed by atoms with E-state index in [0.29, 0.717) is 12.4 Å². The van der Waals surface area contributed by atoms with Crippen molar-refractivity contribution in [1.29, 1.82) is 0 Å². The van der Waals surface area contributed by atoms with Gasteiger partial charge in [-0.2, -0.15) is 0 Å². The maximum Gasteiger partial charge on any atom is 0.223 e. The van der Waals surface area contributed by atoms with E-state index in [9.17, 15) is 4.79 Å². The number of nitrogens with zero attached hydrogens (tertiary/aromatic N) is 3. The van der Waals surface area contributed by atoms with E-state index < -0.39 is 0 Å². The van der Waals surface area contributed by atoms with E-state index >= 15 is 0 Å². The molecule has 7 nitrogen and oxygen atoms in total. The highest BCUT2D eigenvalue weighted by molar-refractivity contribution is 5.79. The fraction of sp³-hybridized carbons (Fsp3) is 0.562. The molecule has 2 atom stereocenters. The van der Waals surface area contributed by atoms with Crippen molar-refractivity contribution in [2.24, 2.45) is 5.92 Å². The maximum absolute atomic E-state index is 12.2. The van der Waals surface area contributed by atoms with Crippen LogP contribution in [0.5, 0.6) is 0 Å². The molecule has 0 radical (unpaired) electrons. The molecule has 0 unspecified atom stereocenters. The minimum atomic E-state index is 0.0813. The van der Waals surface area contributed by atoms with Crippen molar-refractivity contribution in [3.05, 3.63) is 24.5 Å². The number of rotatable bonds is 5. The second-order valence-electron chi connectivity index (χ2n) is 6.09. The van der Waals surface area contributed by atoms with Crippen LogP contribution in [0.3, 0.4) is 0 Å². The molecule has 1 aliphatic carbocycles. The number of hydrogen-bond donors (Lipinski definition) is 2. The summed E-state index contributed by atoms with van der Waals surface area (Å²) < 4.78 is 5.49. The van der Waals surface area contributed by atoms with Gasteiger partial charge in [-0.05, 0) is 19.3 Å². The van der Waals surface area contributed by atoms with Gasteiger partial charge in [-0.25, -0.2) is 9.97 Å². The standard InChI is InChI=1S/C16H23N5O2/c1-23-13-6-12(8-18-16(22)11-4-2-3-5-11)21(9-13)15-7-14(17)19-10-20-15/h2-3,7,10-13H,4-6,8-9H2,1H3,(H,18,22)(H2,17,19,20)/t12-,13-/m1/s1. The van der Waals surface area contributed by atoms with E-state index in [0.717, 1.165) is 31.6 Å². The van der Waals surface area contributed by atoms with Gasteiger partial charge in [0.2, 0.25) is 5.91 Å². The molecule has 2 aliphatic rings. The maximum atomic E-state index is 12.2. The second kappa shape index (κ2) is 6.95. The predicted octanol–water partition coefficient (Wildman–Crippen LogP) is 0.735. The highest BCUT2D eigenvalue weighted by Gasteiger charge is 2.33. The van der Waals surface area contributed by atoms with Crippen LogP contribution in [-0.2, 0) is 9.53 Å². The Bertz CT molecular complexity index is 584. The molecular weight excluding hydrogens is 294 g/mol. The Labute approximate surface area is 135 Å². The number of methoxy groups -OCH3 is 1. The van der Waals surface area contributed by atoms with E-state index in [1.807, 2.05) is 0 Å². The van der Waals surface area contributed by atoms with Gasteiger partial charge in [-0.1, -0.05) is 12.2 Å². The van der Waals surface area contributed by atoms with Crippen LogP contribution in [0.2, 0.25) is 0 Å². The number of aromatic nitrogens is 2. The number of amides is 1. The highest BCUT2D eigenvalue weighted by atomic mass is 16.5. The Balaban J connectivity index is 1.64. The van der Waals surface area contributed by atoms with Crippen LogP contribution in [0.15, 0.2) is 24.5 Å². The van der Waals surface area contributed by atoms with Gasteiger partial charge in [0.15, 0.2) is 0 Å². The monoisotopic (exact) mass is 317 g/mol. The summed E-state index contributed by atoms with van der Waals surface area (Å²) in [6.45, 7) is 1.32. The number of nitrogen functional groups attached to an aromatic ring is 1. The quantitative estimate of drug-likeness (QED) is 0.778. The number of anilines is 2. The SMILES string of the molecule is CO[C@@H]1C[C@H](CNC(=O)C2CC=CC2)N(c2cc(N)ncn2)C1. The third-order valence-electron chi connectivity index (χ3n) is 4.57. The van der Waals surface area contributed by atoms with Crippen molar-refractivity contribution in [2.45, 2.75) is 31.4 Å². The van der Waals surface area contributed by atoms with Crippen LogP contribution >= 0.6 is 0 Å². The number of nitrogens with two attached hydrogens (primary N) is 1. The molecule has 0 spiro atoms. The molecule has 23 heavy (non-hydrogen) atoms. The molecule has 1 aromatic rings. The Morgan fingerprint density at radius 1 is 1.43 bits per heavy atom.